The molecular formula is C18H18. The fourth-order valence-corrected chi connectivity index (χ4v) is 2.06. The Morgan fingerprint density at radius 3 is 2.00 bits per heavy atom. The van der Waals surface area contributed by atoms with Gasteiger partial charge in [-0.25, -0.2) is 0 Å². The number of benzene rings is 2. The van der Waals surface area contributed by atoms with E-state index in [0.29, 0.717) is 0 Å². The predicted octanol–water partition coefficient (Wildman–Crippen LogP) is 4.32. The molecule has 0 heterocycles. The van der Waals surface area contributed by atoms with Crippen molar-refractivity contribution in [3.05, 3.63) is 69.8 Å². The SMILES string of the molecule is Cc1cc(C)cc(C#Cc2cc(C)ccc2C)c1. The molecule has 0 aliphatic carbocycles. The number of rotatable bonds is 0. The second kappa shape index (κ2) is 5.10. The third-order valence-electron chi connectivity index (χ3n) is 2.96. The molecule has 0 saturated heterocycles. The molecule has 0 heteroatoms. The molecular weight excluding hydrogens is 216 g/mol. The molecule has 0 unspecified atom stereocenters. The summed E-state index contributed by atoms with van der Waals surface area (Å²) >= 11 is 0. The summed E-state index contributed by atoms with van der Waals surface area (Å²) < 4.78 is 0. The van der Waals surface area contributed by atoms with Crippen molar-refractivity contribution in [2.24, 2.45) is 0 Å². The van der Waals surface area contributed by atoms with Crippen LogP contribution in [0.15, 0.2) is 36.4 Å². The van der Waals surface area contributed by atoms with Gasteiger partial charge in [-0.3, -0.25) is 0 Å². The fraction of sp³-hybridized carbons (Fsp3) is 0.222. The third kappa shape index (κ3) is 3.02. The van der Waals surface area contributed by atoms with Crippen LogP contribution in [-0.2, 0) is 0 Å². The van der Waals surface area contributed by atoms with Crippen LogP contribution in [0.4, 0.5) is 0 Å². The van der Waals surface area contributed by atoms with Gasteiger partial charge in [0.25, 0.3) is 0 Å². The Bertz CT molecular complexity index is 617. The molecule has 0 N–H and O–H groups in total. The van der Waals surface area contributed by atoms with Gasteiger partial charge in [0.2, 0.25) is 0 Å². The average molecular weight is 234 g/mol. The molecule has 18 heavy (non-hydrogen) atoms. The van der Waals surface area contributed by atoms with Crippen molar-refractivity contribution in [3.63, 3.8) is 0 Å². The average Bonchev–Trinajstić information content (AvgIpc) is 2.29. The molecule has 0 spiro atoms. The van der Waals surface area contributed by atoms with Gasteiger partial charge in [0, 0.05) is 11.1 Å². The van der Waals surface area contributed by atoms with E-state index in [-0.39, 0.29) is 0 Å². The van der Waals surface area contributed by atoms with Gasteiger partial charge in [0.05, 0.1) is 0 Å². The highest BCUT2D eigenvalue weighted by atomic mass is 14.0. The zero-order valence-electron chi connectivity index (χ0n) is 11.5. The Kier molecular flexibility index (Phi) is 3.53. The Morgan fingerprint density at radius 2 is 1.33 bits per heavy atom. The quantitative estimate of drug-likeness (QED) is 0.595. The van der Waals surface area contributed by atoms with Crippen molar-refractivity contribution in [2.45, 2.75) is 27.7 Å². The molecule has 0 amide bonds. The topological polar surface area (TPSA) is 0 Å². The Labute approximate surface area is 110 Å². The number of aryl methyl sites for hydroxylation is 4. The minimum absolute atomic E-state index is 1.09. The van der Waals surface area contributed by atoms with Crippen molar-refractivity contribution in [1.82, 2.24) is 0 Å². The second-order valence-corrected chi connectivity index (χ2v) is 4.94. The van der Waals surface area contributed by atoms with Gasteiger partial charge < -0.3 is 0 Å². The van der Waals surface area contributed by atoms with E-state index < -0.39 is 0 Å². The van der Waals surface area contributed by atoms with Crippen molar-refractivity contribution >= 4 is 0 Å². The lowest BCUT2D eigenvalue weighted by Crippen LogP contribution is -1.85. The van der Waals surface area contributed by atoms with E-state index in [0.717, 1.165) is 11.1 Å². The minimum Gasteiger partial charge on any atom is -0.0616 e. The summed E-state index contributed by atoms with van der Waals surface area (Å²) in [5.41, 5.74) is 7.23. The van der Waals surface area contributed by atoms with E-state index in [1.165, 1.54) is 22.3 Å². The summed E-state index contributed by atoms with van der Waals surface area (Å²) in [4.78, 5) is 0. The standard InChI is InChI=1S/C18H18/c1-13-5-6-16(4)18(12-13)8-7-17-10-14(2)9-15(3)11-17/h5-6,9-12H,1-4H3. The molecule has 0 aliphatic heterocycles. The van der Waals surface area contributed by atoms with Gasteiger partial charge in [0.15, 0.2) is 0 Å². The van der Waals surface area contributed by atoms with E-state index in [2.05, 4.69) is 75.9 Å². The lowest BCUT2D eigenvalue weighted by molar-refractivity contribution is 1.36. The van der Waals surface area contributed by atoms with Crippen LogP contribution in [0.5, 0.6) is 0 Å². The molecule has 2 rings (SSSR count). The van der Waals surface area contributed by atoms with Gasteiger partial charge in [-0.05, 0) is 68.1 Å². The van der Waals surface area contributed by atoms with Gasteiger partial charge in [-0.15, -0.1) is 0 Å². The van der Waals surface area contributed by atoms with Crippen molar-refractivity contribution in [2.75, 3.05) is 0 Å². The Morgan fingerprint density at radius 1 is 0.667 bits per heavy atom. The molecule has 0 aromatic heterocycles. The fourth-order valence-electron chi connectivity index (χ4n) is 2.06. The van der Waals surface area contributed by atoms with E-state index >= 15 is 0 Å². The minimum atomic E-state index is 1.09. The number of hydrogen-bond donors (Lipinski definition) is 0. The first-order chi connectivity index (χ1) is 8.54. The molecule has 0 aliphatic rings. The maximum atomic E-state index is 3.27. The van der Waals surface area contributed by atoms with Crippen LogP contribution >= 0.6 is 0 Å². The van der Waals surface area contributed by atoms with Gasteiger partial charge >= 0.3 is 0 Å². The lowest BCUT2D eigenvalue weighted by atomic mass is 10.0. The van der Waals surface area contributed by atoms with Crippen molar-refractivity contribution < 1.29 is 0 Å². The van der Waals surface area contributed by atoms with E-state index in [4.69, 9.17) is 0 Å². The summed E-state index contributed by atoms with van der Waals surface area (Å²) in [6.07, 6.45) is 0. The summed E-state index contributed by atoms with van der Waals surface area (Å²) in [7, 11) is 0. The summed E-state index contributed by atoms with van der Waals surface area (Å²) in [5, 5.41) is 0. The molecule has 0 atom stereocenters. The highest BCUT2D eigenvalue weighted by molar-refractivity contribution is 5.48. The smallest absolute Gasteiger partial charge is 0.0280 e. The first-order valence-electron chi connectivity index (χ1n) is 6.22. The largest absolute Gasteiger partial charge is 0.0616 e. The summed E-state index contributed by atoms with van der Waals surface area (Å²) in [6, 6.07) is 12.8. The first kappa shape index (κ1) is 12.5. The predicted molar refractivity (Wildman–Crippen MR) is 77.8 cm³/mol. The van der Waals surface area contributed by atoms with Gasteiger partial charge in [-0.1, -0.05) is 30.0 Å². The maximum absolute atomic E-state index is 3.27. The Hall–Kier alpha value is -2.00. The zero-order chi connectivity index (χ0) is 13.1. The molecule has 2 aromatic rings. The highest BCUT2D eigenvalue weighted by Crippen LogP contribution is 2.11. The van der Waals surface area contributed by atoms with Crippen LogP contribution in [0.2, 0.25) is 0 Å². The van der Waals surface area contributed by atoms with Crippen LogP contribution in [0.1, 0.15) is 33.4 Å². The normalized spacial score (nSPS) is 9.78. The van der Waals surface area contributed by atoms with Gasteiger partial charge in [-0.2, -0.15) is 0 Å². The van der Waals surface area contributed by atoms with Crippen LogP contribution in [-0.4, -0.2) is 0 Å². The molecule has 0 saturated carbocycles. The molecule has 0 radical (unpaired) electrons. The molecule has 0 fully saturated rings. The zero-order valence-corrected chi connectivity index (χ0v) is 11.5. The van der Waals surface area contributed by atoms with Crippen LogP contribution < -0.4 is 0 Å². The molecule has 0 bridgehead atoms. The maximum Gasteiger partial charge on any atom is 0.0280 e. The first-order valence-corrected chi connectivity index (χ1v) is 6.22. The molecule has 90 valence electrons. The van der Waals surface area contributed by atoms with E-state index in [1.54, 1.807) is 0 Å². The van der Waals surface area contributed by atoms with Crippen molar-refractivity contribution in [3.8, 4) is 11.8 Å². The summed E-state index contributed by atoms with van der Waals surface area (Å²) in [6.45, 7) is 8.42. The lowest BCUT2D eigenvalue weighted by Gasteiger charge is -2.00. The van der Waals surface area contributed by atoms with E-state index in [1.807, 2.05) is 0 Å². The van der Waals surface area contributed by atoms with Crippen molar-refractivity contribution in [1.29, 1.82) is 0 Å². The van der Waals surface area contributed by atoms with E-state index in [9.17, 15) is 0 Å². The monoisotopic (exact) mass is 234 g/mol. The molecule has 0 nitrogen and oxygen atoms in total. The van der Waals surface area contributed by atoms with Crippen LogP contribution in [0, 0.1) is 39.5 Å². The van der Waals surface area contributed by atoms with Crippen LogP contribution in [0.3, 0.4) is 0 Å². The molecule has 2 aromatic carbocycles. The number of hydrogen-bond acceptors (Lipinski definition) is 0. The Balaban J connectivity index is 2.39. The van der Waals surface area contributed by atoms with Crippen LogP contribution in [0.25, 0.3) is 0 Å². The second-order valence-electron chi connectivity index (χ2n) is 4.94. The third-order valence-corrected chi connectivity index (χ3v) is 2.96. The van der Waals surface area contributed by atoms with Gasteiger partial charge in [0.1, 0.15) is 0 Å². The summed E-state index contributed by atoms with van der Waals surface area (Å²) in [5.74, 6) is 6.54. The highest BCUT2D eigenvalue weighted by Gasteiger charge is 1.95.